The molecule has 1 amide bonds. The number of aryl methyl sites for hydroxylation is 1. The van der Waals surface area contributed by atoms with Crippen LogP contribution in [0, 0.1) is 6.92 Å². The summed E-state index contributed by atoms with van der Waals surface area (Å²) < 4.78 is 6.02. The molecule has 132 valence electrons. The van der Waals surface area contributed by atoms with E-state index in [1.165, 1.54) is 23.4 Å². The van der Waals surface area contributed by atoms with Crippen LogP contribution in [0.2, 0.25) is 0 Å². The fourth-order valence-electron chi connectivity index (χ4n) is 2.28. The van der Waals surface area contributed by atoms with E-state index in [2.05, 4.69) is 10.3 Å². The van der Waals surface area contributed by atoms with Crippen molar-refractivity contribution in [2.45, 2.75) is 24.5 Å². The first-order valence-electron chi connectivity index (χ1n) is 7.51. The Morgan fingerprint density at radius 1 is 1.32 bits per heavy atom. The summed E-state index contributed by atoms with van der Waals surface area (Å²) >= 11 is 1.35. The van der Waals surface area contributed by atoms with Crippen molar-refractivity contribution in [3.05, 3.63) is 58.1 Å². The lowest BCUT2D eigenvalue weighted by Crippen LogP contribution is -2.39. The lowest BCUT2D eigenvalue weighted by molar-refractivity contribution is -0.145. The molecule has 0 aliphatic heterocycles. The number of hydrogen-bond donors (Lipinski definition) is 1. The smallest absolute Gasteiger partial charge is 0.349 e. The quantitative estimate of drug-likeness (QED) is 0.474. The normalized spacial score (nSPS) is 11.6. The van der Waals surface area contributed by atoms with Gasteiger partial charge in [-0.3, -0.25) is 9.36 Å². The minimum absolute atomic E-state index is 0.230. The summed E-state index contributed by atoms with van der Waals surface area (Å²) in [6, 6.07) is 9.56. The number of aromatic nitrogens is 2. The molecule has 1 aromatic carbocycles. The maximum Gasteiger partial charge on any atom is 0.349 e. The number of amides is 1. The average Bonchev–Trinajstić information content (AvgIpc) is 2.62. The van der Waals surface area contributed by atoms with Gasteiger partial charge in [-0.05, 0) is 24.8 Å². The van der Waals surface area contributed by atoms with Crippen LogP contribution in [0.5, 0.6) is 0 Å². The number of thioether (sulfide) groups is 1. The zero-order valence-electron chi connectivity index (χ0n) is 14.2. The van der Waals surface area contributed by atoms with Crippen LogP contribution >= 0.6 is 11.8 Å². The Labute approximate surface area is 149 Å². The van der Waals surface area contributed by atoms with Crippen molar-refractivity contribution in [2.24, 2.45) is 0 Å². The van der Waals surface area contributed by atoms with Crippen molar-refractivity contribution in [2.75, 3.05) is 13.4 Å². The number of methoxy groups -OCH3 is 1. The lowest BCUT2D eigenvalue weighted by Gasteiger charge is -2.18. The summed E-state index contributed by atoms with van der Waals surface area (Å²) in [4.78, 5) is 40.3. The number of nitrogens with one attached hydrogen (secondary N) is 1. The summed E-state index contributed by atoms with van der Waals surface area (Å²) in [6.45, 7) is 1.50. The first-order chi connectivity index (χ1) is 12.0. The van der Waals surface area contributed by atoms with Crippen LogP contribution < -0.4 is 11.0 Å². The summed E-state index contributed by atoms with van der Waals surface area (Å²) in [7, 11) is 1.25. The van der Waals surface area contributed by atoms with Gasteiger partial charge < -0.3 is 10.1 Å². The van der Waals surface area contributed by atoms with Gasteiger partial charge in [0.1, 0.15) is 11.6 Å². The predicted octanol–water partition coefficient (Wildman–Crippen LogP) is 1.30. The molecule has 2 aromatic rings. The van der Waals surface area contributed by atoms with Crippen LogP contribution in [0.1, 0.15) is 17.3 Å². The third-order valence-electron chi connectivity index (χ3n) is 3.58. The zero-order chi connectivity index (χ0) is 18.4. The van der Waals surface area contributed by atoms with Gasteiger partial charge in [-0.2, -0.15) is 4.98 Å². The molecule has 0 bridgehead atoms. The van der Waals surface area contributed by atoms with E-state index in [0.29, 0.717) is 16.3 Å². The maximum atomic E-state index is 12.4. The first-order valence-corrected chi connectivity index (χ1v) is 8.73. The Kier molecular flexibility index (Phi) is 6.35. The molecule has 0 saturated heterocycles. The van der Waals surface area contributed by atoms with Gasteiger partial charge >= 0.3 is 11.7 Å². The number of nitrogens with zero attached hydrogens (tertiary/aromatic N) is 2. The van der Waals surface area contributed by atoms with Gasteiger partial charge in [-0.15, -0.1) is 11.8 Å². The van der Waals surface area contributed by atoms with Crippen LogP contribution in [0.15, 0.2) is 46.2 Å². The van der Waals surface area contributed by atoms with E-state index < -0.39 is 23.6 Å². The molecule has 0 aliphatic rings. The summed E-state index contributed by atoms with van der Waals surface area (Å²) in [5.74, 6) is -1.07. The van der Waals surface area contributed by atoms with E-state index in [1.54, 1.807) is 37.3 Å². The highest BCUT2D eigenvalue weighted by Crippen LogP contribution is 2.14. The molecule has 25 heavy (non-hydrogen) atoms. The first kappa shape index (κ1) is 18.7. The van der Waals surface area contributed by atoms with E-state index in [9.17, 15) is 14.4 Å². The van der Waals surface area contributed by atoms with Gasteiger partial charge in [-0.1, -0.05) is 30.3 Å². The van der Waals surface area contributed by atoms with Crippen molar-refractivity contribution >= 4 is 23.6 Å². The number of carbonyl (C=O) groups excluding carboxylic acids is 2. The number of esters is 1. The molecule has 0 saturated carbocycles. The second kappa shape index (κ2) is 8.48. The Balaban J connectivity index is 2.20. The molecule has 0 spiro atoms. The van der Waals surface area contributed by atoms with Crippen LogP contribution in [0.4, 0.5) is 0 Å². The van der Waals surface area contributed by atoms with Crippen LogP contribution in [0.3, 0.4) is 0 Å². The van der Waals surface area contributed by atoms with Gasteiger partial charge in [0, 0.05) is 5.69 Å². The number of carbonyl (C=O) groups is 2. The van der Waals surface area contributed by atoms with Gasteiger partial charge in [0.2, 0.25) is 5.91 Å². The fraction of sp³-hybridized carbons (Fsp3) is 0.294. The van der Waals surface area contributed by atoms with E-state index in [1.807, 2.05) is 12.3 Å². The van der Waals surface area contributed by atoms with Gasteiger partial charge in [-0.25, -0.2) is 9.59 Å². The molecule has 1 atom stereocenters. The molecule has 0 fully saturated rings. The summed E-state index contributed by atoms with van der Waals surface area (Å²) in [5.41, 5.74) is 0.713. The predicted molar refractivity (Wildman–Crippen MR) is 94.4 cm³/mol. The van der Waals surface area contributed by atoms with Crippen molar-refractivity contribution < 1.29 is 14.3 Å². The number of hydrogen-bond acceptors (Lipinski definition) is 6. The standard InChI is InChI=1S/C17H19N3O4S/c1-11-9-14(25-3)19-17(23)20(11)10-13(21)18-15(16(22)24-2)12-7-5-4-6-8-12/h4-9,15H,10H2,1-3H3,(H,18,21)/t15-/m0/s1. The lowest BCUT2D eigenvalue weighted by atomic mass is 10.1. The highest BCUT2D eigenvalue weighted by atomic mass is 32.2. The number of benzene rings is 1. The molecule has 1 N–H and O–H groups in total. The molecule has 0 aliphatic carbocycles. The Hall–Kier alpha value is -2.61. The Bertz CT molecular complexity index is 820. The topological polar surface area (TPSA) is 90.3 Å². The Morgan fingerprint density at radius 2 is 2.00 bits per heavy atom. The van der Waals surface area contributed by atoms with Crippen molar-refractivity contribution in [3.63, 3.8) is 0 Å². The van der Waals surface area contributed by atoms with Crippen LogP contribution in [-0.4, -0.2) is 34.8 Å². The largest absolute Gasteiger partial charge is 0.467 e. The van der Waals surface area contributed by atoms with Gasteiger partial charge in [0.05, 0.1) is 7.11 Å². The highest BCUT2D eigenvalue weighted by Gasteiger charge is 2.23. The van der Waals surface area contributed by atoms with E-state index in [-0.39, 0.29) is 6.54 Å². The highest BCUT2D eigenvalue weighted by molar-refractivity contribution is 7.98. The molecule has 8 heteroatoms. The van der Waals surface area contributed by atoms with Crippen LogP contribution in [-0.2, 0) is 20.9 Å². The minimum atomic E-state index is -0.937. The van der Waals surface area contributed by atoms with Crippen molar-refractivity contribution in [3.8, 4) is 0 Å². The molecule has 0 radical (unpaired) electrons. The molecular weight excluding hydrogens is 342 g/mol. The van der Waals surface area contributed by atoms with E-state index >= 15 is 0 Å². The maximum absolute atomic E-state index is 12.4. The average molecular weight is 361 g/mol. The van der Waals surface area contributed by atoms with E-state index in [0.717, 1.165) is 0 Å². The second-order valence-electron chi connectivity index (χ2n) is 5.24. The SMILES string of the molecule is COC(=O)[C@@H](NC(=O)Cn1c(C)cc(SC)nc1=O)c1ccccc1. The molecule has 0 unspecified atom stereocenters. The molecule has 7 nitrogen and oxygen atoms in total. The van der Waals surface area contributed by atoms with Gasteiger partial charge in [0.15, 0.2) is 6.04 Å². The molecule has 2 rings (SSSR count). The Morgan fingerprint density at radius 3 is 2.56 bits per heavy atom. The molecular formula is C17H19N3O4S. The summed E-state index contributed by atoms with van der Waals surface area (Å²) in [6.07, 6.45) is 1.82. The van der Waals surface area contributed by atoms with Crippen molar-refractivity contribution in [1.29, 1.82) is 0 Å². The van der Waals surface area contributed by atoms with Crippen molar-refractivity contribution in [1.82, 2.24) is 14.9 Å². The number of rotatable bonds is 6. The molecule has 1 aromatic heterocycles. The number of ether oxygens (including phenoxy) is 1. The fourth-order valence-corrected chi connectivity index (χ4v) is 2.74. The van der Waals surface area contributed by atoms with Crippen LogP contribution in [0.25, 0.3) is 0 Å². The third-order valence-corrected chi connectivity index (χ3v) is 4.21. The zero-order valence-corrected chi connectivity index (χ0v) is 15.0. The monoisotopic (exact) mass is 361 g/mol. The van der Waals surface area contributed by atoms with Gasteiger partial charge in [0.25, 0.3) is 0 Å². The summed E-state index contributed by atoms with van der Waals surface area (Å²) in [5, 5.41) is 3.20. The minimum Gasteiger partial charge on any atom is -0.467 e. The third kappa shape index (κ3) is 4.69. The molecule has 1 heterocycles. The second-order valence-corrected chi connectivity index (χ2v) is 6.07. The van der Waals surface area contributed by atoms with E-state index in [4.69, 9.17) is 4.74 Å².